The molecule has 0 saturated carbocycles. The minimum absolute atomic E-state index is 0.0486. The number of aromatic nitrogens is 2. The van der Waals surface area contributed by atoms with E-state index in [9.17, 15) is 9.59 Å². The Morgan fingerprint density at radius 1 is 1.03 bits per heavy atom. The summed E-state index contributed by atoms with van der Waals surface area (Å²) in [5.74, 6) is 1.14. The standard InChI is InChI=1S/C22H26N4O3/c1-15(2)22(28)24-13-20-25-18-6-4-5-7-19(18)26(20)14-21(27)23-12-16-8-10-17(29-3)11-9-16/h4-11,15H,12-14H2,1-3H3,(H,23,27)(H,24,28). The Morgan fingerprint density at radius 3 is 2.45 bits per heavy atom. The average molecular weight is 394 g/mol. The van der Waals surface area contributed by atoms with Crippen molar-refractivity contribution in [1.29, 1.82) is 0 Å². The van der Waals surface area contributed by atoms with Crippen LogP contribution in [0.15, 0.2) is 48.5 Å². The fraction of sp³-hybridized carbons (Fsp3) is 0.318. The van der Waals surface area contributed by atoms with Crippen molar-refractivity contribution < 1.29 is 14.3 Å². The smallest absolute Gasteiger partial charge is 0.240 e. The summed E-state index contributed by atoms with van der Waals surface area (Å²) in [6.07, 6.45) is 0. The van der Waals surface area contributed by atoms with E-state index in [1.54, 1.807) is 7.11 Å². The van der Waals surface area contributed by atoms with Gasteiger partial charge in [0.1, 0.15) is 18.1 Å². The molecule has 1 heterocycles. The highest BCUT2D eigenvalue weighted by Gasteiger charge is 2.15. The van der Waals surface area contributed by atoms with Gasteiger partial charge in [0.2, 0.25) is 11.8 Å². The average Bonchev–Trinajstić information content (AvgIpc) is 3.08. The minimum Gasteiger partial charge on any atom is -0.497 e. The first-order chi connectivity index (χ1) is 14.0. The van der Waals surface area contributed by atoms with Crippen LogP contribution in [0.3, 0.4) is 0 Å². The molecular formula is C22H26N4O3. The lowest BCUT2D eigenvalue weighted by Crippen LogP contribution is -2.31. The summed E-state index contributed by atoms with van der Waals surface area (Å²) in [6, 6.07) is 15.2. The van der Waals surface area contributed by atoms with Crippen LogP contribution < -0.4 is 15.4 Å². The second kappa shape index (κ2) is 9.23. The van der Waals surface area contributed by atoms with Gasteiger partial charge in [-0.2, -0.15) is 0 Å². The van der Waals surface area contributed by atoms with Crippen LogP contribution in [0.1, 0.15) is 25.2 Å². The second-order valence-corrected chi connectivity index (χ2v) is 7.10. The number of hydrogen-bond acceptors (Lipinski definition) is 4. The van der Waals surface area contributed by atoms with Crippen molar-refractivity contribution in [2.75, 3.05) is 7.11 Å². The number of methoxy groups -OCH3 is 1. The van der Waals surface area contributed by atoms with E-state index >= 15 is 0 Å². The van der Waals surface area contributed by atoms with E-state index in [1.165, 1.54) is 0 Å². The number of nitrogens with one attached hydrogen (secondary N) is 2. The number of hydrogen-bond donors (Lipinski definition) is 2. The third kappa shape index (κ3) is 5.13. The van der Waals surface area contributed by atoms with Crippen LogP contribution in [0.2, 0.25) is 0 Å². The molecule has 1 aromatic heterocycles. The maximum Gasteiger partial charge on any atom is 0.240 e. The number of rotatable bonds is 8. The van der Waals surface area contributed by atoms with Crippen molar-refractivity contribution in [2.45, 2.75) is 33.5 Å². The predicted octanol–water partition coefficient (Wildman–Crippen LogP) is 2.63. The van der Waals surface area contributed by atoms with Crippen LogP contribution in [0.5, 0.6) is 5.75 Å². The number of benzene rings is 2. The Labute approximate surface area is 170 Å². The fourth-order valence-electron chi connectivity index (χ4n) is 2.95. The number of nitrogens with zero attached hydrogens (tertiary/aromatic N) is 2. The maximum atomic E-state index is 12.6. The molecule has 0 bridgehead atoms. The van der Waals surface area contributed by atoms with E-state index in [1.807, 2.05) is 66.9 Å². The summed E-state index contributed by atoms with van der Waals surface area (Å²) in [5.41, 5.74) is 2.64. The molecule has 0 spiro atoms. The Balaban J connectivity index is 1.70. The Hall–Kier alpha value is -3.35. The second-order valence-electron chi connectivity index (χ2n) is 7.10. The molecule has 2 amide bonds. The Morgan fingerprint density at radius 2 is 1.76 bits per heavy atom. The van der Waals surface area contributed by atoms with Crippen molar-refractivity contribution in [3.8, 4) is 5.75 Å². The molecule has 152 valence electrons. The molecule has 7 nitrogen and oxygen atoms in total. The normalized spacial score (nSPS) is 10.9. The molecule has 7 heteroatoms. The highest BCUT2D eigenvalue weighted by molar-refractivity contribution is 5.81. The Kier molecular flexibility index (Phi) is 6.49. The molecule has 0 saturated heterocycles. The molecule has 29 heavy (non-hydrogen) atoms. The van der Waals surface area contributed by atoms with Crippen molar-refractivity contribution in [3.05, 3.63) is 59.9 Å². The van der Waals surface area contributed by atoms with E-state index in [2.05, 4.69) is 15.6 Å². The largest absolute Gasteiger partial charge is 0.497 e. The van der Waals surface area contributed by atoms with Gasteiger partial charge in [0.15, 0.2) is 0 Å². The van der Waals surface area contributed by atoms with Gasteiger partial charge >= 0.3 is 0 Å². The molecule has 3 rings (SSSR count). The van der Waals surface area contributed by atoms with Crippen LogP contribution in [0, 0.1) is 5.92 Å². The third-order valence-electron chi connectivity index (χ3n) is 4.63. The molecule has 0 aliphatic rings. The SMILES string of the molecule is COc1ccc(CNC(=O)Cn2c(CNC(=O)C(C)C)nc3ccccc32)cc1. The summed E-state index contributed by atoms with van der Waals surface area (Å²) in [7, 11) is 1.62. The zero-order valence-corrected chi connectivity index (χ0v) is 16.9. The first kappa shape index (κ1) is 20.4. The Bertz CT molecular complexity index is 993. The number of carbonyl (C=O) groups is 2. The summed E-state index contributed by atoms with van der Waals surface area (Å²) >= 11 is 0. The van der Waals surface area contributed by atoms with Crippen molar-refractivity contribution >= 4 is 22.8 Å². The lowest BCUT2D eigenvalue weighted by atomic mass is 10.2. The number of amides is 2. The van der Waals surface area contributed by atoms with Crippen molar-refractivity contribution in [2.24, 2.45) is 5.92 Å². The van der Waals surface area contributed by atoms with E-state index < -0.39 is 0 Å². The summed E-state index contributed by atoms with van der Waals surface area (Å²) < 4.78 is 6.99. The summed E-state index contributed by atoms with van der Waals surface area (Å²) in [6.45, 7) is 4.51. The van der Waals surface area contributed by atoms with Gasteiger partial charge < -0.3 is 19.9 Å². The highest BCUT2D eigenvalue weighted by Crippen LogP contribution is 2.16. The van der Waals surface area contributed by atoms with E-state index in [0.29, 0.717) is 12.4 Å². The third-order valence-corrected chi connectivity index (χ3v) is 4.63. The van der Waals surface area contributed by atoms with Crippen LogP contribution in [-0.4, -0.2) is 28.5 Å². The predicted molar refractivity (Wildman–Crippen MR) is 111 cm³/mol. The number of carbonyl (C=O) groups excluding carboxylic acids is 2. The molecule has 0 unspecified atom stereocenters. The van der Waals surface area contributed by atoms with Crippen molar-refractivity contribution in [3.63, 3.8) is 0 Å². The maximum absolute atomic E-state index is 12.6. The molecule has 0 radical (unpaired) electrons. The van der Waals surface area contributed by atoms with Crippen LogP contribution in [0.4, 0.5) is 0 Å². The van der Waals surface area contributed by atoms with Gasteiger partial charge in [-0.25, -0.2) is 4.98 Å². The highest BCUT2D eigenvalue weighted by atomic mass is 16.5. The lowest BCUT2D eigenvalue weighted by molar-refractivity contribution is -0.124. The number of imidazole rings is 1. The van der Waals surface area contributed by atoms with Gasteiger partial charge in [0, 0.05) is 12.5 Å². The van der Waals surface area contributed by atoms with Crippen LogP contribution >= 0.6 is 0 Å². The molecular weight excluding hydrogens is 368 g/mol. The van der Waals surface area contributed by atoms with Gasteiger partial charge in [-0.3, -0.25) is 9.59 Å². The van der Waals surface area contributed by atoms with Crippen molar-refractivity contribution in [1.82, 2.24) is 20.2 Å². The molecule has 3 aromatic rings. The zero-order valence-electron chi connectivity index (χ0n) is 16.9. The van der Waals surface area contributed by atoms with Crippen LogP contribution in [-0.2, 0) is 29.2 Å². The molecule has 0 aliphatic carbocycles. The monoisotopic (exact) mass is 394 g/mol. The van der Waals surface area contributed by atoms with E-state index in [4.69, 9.17) is 4.74 Å². The number of fused-ring (bicyclic) bond motifs is 1. The summed E-state index contributed by atoms with van der Waals surface area (Å²) in [4.78, 5) is 29.1. The molecule has 2 N–H and O–H groups in total. The van der Waals surface area contributed by atoms with Gasteiger partial charge in [0.25, 0.3) is 0 Å². The minimum atomic E-state index is -0.125. The zero-order chi connectivity index (χ0) is 20.8. The first-order valence-corrected chi connectivity index (χ1v) is 9.59. The van der Waals surface area contributed by atoms with E-state index in [-0.39, 0.29) is 30.8 Å². The quantitative estimate of drug-likeness (QED) is 0.615. The van der Waals surface area contributed by atoms with Gasteiger partial charge in [-0.05, 0) is 29.8 Å². The fourth-order valence-corrected chi connectivity index (χ4v) is 2.95. The molecule has 0 atom stereocenters. The first-order valence-electron chi connectivity index (χ1n) is 9.59. The van der Waals surface area contributed by atoms with Gasteiger partial charge in [-0.15, -0.1) is 0 Å². The number of ether oxygens (including phenoxy) is 1. The summed E-state index contributed by atoms with van der Waals surface area (Å²) in [5, 5.41) is 5.81. The van der Waals surface area contributed by atoms with Gasteiger partial charge in [-0.1, -0.05) is 38.1 Å². The van der Waals surface area contributed by atoms with Crippen LogP contribution in [0.25, 0.3) is 11.0 Å². The molecule has 0 aliphatic heterocycles. The number of para-hydroxylation sites is 2. The van der Waals surface area contributed by atoms with E-state index in [0.717, 1.165) is 22.3 Å². The molecule has 2 aromatic carbocycles. The van der Waals surface area contributed by atoms with Gasteiger partial charge in [0.05, 0.1) is 24.7 Å². The topological polar surface area (TPSA) is 85.2 Å². The molecule has 0 fully saturated rings. The lowest BCUT2D eigenvalue weighted by Gasteiger charge is -2.12.